The van der Waals surface area contributed by atoms with Crippen molar-refractivity contribution < 1.29 is 14.3 Å². The van der Waals surface area contributed by atoms with Crippen molar-refractivity contribution in [3.63, 3.8) is 0 Å². The molecule has 0 bridgehead atoms. The van der Waals surface area contributed by atoms with Crippen molar-refractivity contribution in [2.75, 3.05) is 20.8 Å². The smallest absolute Gasteiger partial charge is 0.307 e. The van der Waals surface area contributed by atoms with E-state index in [1.165, 1.54) is 7.11 Å². The molecule has 33 heavy (non-hydrogen) atoms. The van der Waals surface area contributed by atoms with Gasteiger partial charge in [-0.2, -0.15) is 0 Å². The molecule has 1 aromatic carbocycles. The lowest BCUT2D eigenvalue weighted by Gasteiger charge is -2.28. The fraction of sp³-hybridized carbons (Fsp3) is 0.320. The third-order valence-corrected chi connectivity index (χ3v) is 6.44. The van der Waals surface area contributed by atoms with Gasteiger partial charge in [0.25, 0.3) is 0 Å². The van der Waals surface area contributed by atoms with Gasteiger partial charge in [0.15, 0.2) is 5.11 Å². The molecule has 7 nitrogen and oxygen atoms in total. The molecule has 172 valence electrons. The second-order valence-electron chi connectivity index (χ2n) is 8.01. The number of ether oxygens (including phenoxy) is 2. The molecule has 1 fully saturated rings. The van der Waals surface area contributed by atoms with Gasteiger partial charge in [0, 0.05) is 35.9 Å². The Kier molecular flexibility index (Phi) is 6.65. The first-order valence-electron chi connectivity index (χ1n) is 10.8. The van der Waals surface area contributed by atoms with E-state index in [0.29, 0.717) is 11.7 Å². The highest BCUT2D eigenvalue weighted by Crippen LogP contribution is 2.41. The Morgan fingerprint density at radius 3 is 2.67 bits per heavy atom. The van der Waals surface area contributed by atoms with Crippen LogP contribution in [-0.4, -0.2) is 46.3 Å². The number of aryl methyl sites for hydroxylation is 1. The van der Waals surface area contributed by atoms with Gasteiger partial charge in [0.05, 0.1) is 38.4 Å². The number of carbonyl (C=O) groups excluding carboxylic acids is 1. The van der Waals surface area contributed by atoms with E-state index in [1.807, 2.05) is 36.4 Å². The average Bonchev–Trinajstić information content (AvgIpc) is 3.32. The largest absolute Gasteiger partial charge is 0.497 e. The van der Waals surface area contributed by atoms with Gasteiger partial charge in [-0.25, -0.2) is 0 Å². The van der Waals surface area contributed by atoms with E-state index in [1.54, 1.807) is 13.3 Å². The normalized spacial score (nSPS) is 17.7. The number of pyridine rings is 1. The van der Waals surface area contributed by atoms with Crippen LogP contribution in [0.4, 0.5) is 0 Å². The summed E-state index contributed by atoms with van der Waals surface area (Å²) in [5, 5.41) is 4.04. The van der Waals surface area contributed by atoms with Crippen LogP contribution >= 0.6 is 12.2 Å². The maximum Gasteiger partial charge on any atom is 0.307 e. The van der Waals surface area contributed by atoms with E-state index >= 15 is 0 Å². The highest BCUT2D eigenvalue weighted by molar-refractivity contribution is 7.80. The van der Waals surface area contributed by atoms with Crippen LogP contribution in [0.15, 0.2) is 54.7 Å². The van der Waals surface area contributed by atoms with Crippen LogP contribution in [0, 0.1) is 13.8 Å². The number of nitrogens with one attached hydrogen (secondary N) is 1. The number of carbonyl (C=O) groups is 1. The second-order valence-corrected chi connectivity index (χ2v) is 8.40. The molecule has 0 radical (unpaired) electrons. The SMILES string of the molecule is COC(=O)CCN1C(=S)N[C@@H](c2ccccn2)[C@@H]1c1cc(C)n(-c2cccc(OC)c2)c1C. The molecule has 2 atom stereocenters. The zero-order valence-electron chi connectivity index (χ0n) is 19.2. The van der Waals surface area contributed by atoms with Gasteiger partial charge in [0.2, 0.25) is 0 Å². The van der Waals surface area contributed by atoms with Gasteiger partial charge < -0.3 is 24.3 Å². The van der Waals surface area contributed by atoms with Crippen LogP contribution in [0.2, 0.25) is 0 Å². The lowest BCUT2D eigenvalue weighted by molar-refractivity contribution is -0.140. The van der Waals surface area contributed by atoms with E-state index < -0.39 is 0 Å². The molecule has 2 aromatic heterocycles. The van der Waals surface area contributed by atoms with Crippen LogP contribution in [-0.2, 0) is 9.53 Å². The Bertz CT molecular complexity index is 1160. The average molecular weight is 465 g/mol. The zero-order valence-corrected chi connectivity index (χ0v) is 20.1. The topological polar surface area (TPSA) is 68.6 Å². The summed E-state index contributed by atoms with van der Waals surface area (Å²) < 4.78 is 12.5. The fourth-order valence-corrected chi connectivity index (χ4v) is 4.86. The number of aromatic nitrogens is 2. The number of thiocarbonyl (C=S) groups is 1. The Labute approximate surface area is 199 Å². The van der Waals surface area contributed by atoms with Gasteiger partial charge >= 0.3 is 5.97 Å². The Hall–Kier alpha value is -3.39. The third kappa shape index (κ3) is 4.43. The van der Waals surface area contributed by atoms with Gasteiger partial charge in [-0.05, 0) is 62.0 Å². The number of hydrogen-bond donors (Lipinski definition) is 1. The van der Waals surface area contributed by atoms with Crippen molar-refractivity contribution in [2.45, 2.75) is 32.4 Å². The first kappa shape index (κ1) is 22.8. The van der Waals surface area contributed by atoms with Crippen molar-refractivity contribution in [1.82, 2.24) is 19.8 Å². The van der Waals surface area contributed by atoms with E-state index in [0.717, 1.165) is 34.1 Å². The Morgan fingerprint density at radius 1 is 1.15 bits per heavy atom. The van der Waals surface area contributed by atoms with E-state index in [2.05, 4.69) is 45.7 Å². The second kappa shape index (κ2) is 9.62. The summed E-state index contributed by atoms with van der Waals surface area (Å²) in [5.41, 5.74) is 5.25. The molecule has 1 aliphatic heterocycles. The molecule has 0 spiro atoms. The van der Waals surface area contributed by atoms with E-state index in [-0.39, 0.29) is 24.5 Å². The molecule has 0 aliphatic carbocycles. The first-order valence-corrected chi connectivity index (χ1v) is 11.2. The predicted octanol–water partition coefficient (Wildman–Crippen LogP) is 4.03. The van der Waals surface area contributed by atoms with E-state index in [9.17, 15) is 4.79 Å². The number of nitrogens with zero attached hydrogens (tertiary/aromatic N) is 3. The van der Waals surface area contributed by atoms with Gasteiger partial charge in [0.1, 0.15) is 5.75 Å². The summed E-state index contributed by atoms with van der Waals surface area (Å²) in [7, 11) is 3.07. The number of esters is 1. The Morgan fingerprint density at radius 2 is 1.97 bits per heavy atom. The van der Waals surface area contributed by atoms with Crippen LogP contribution in [0.5, 0.6) is 5.75 Å². The molecule has 8 heteroatoms. The molecule has 0 unspecified atom stereocenters. The molecule has 3 heterocycles. The molecule has 1 saturated heterocycles. The van der Waals surface area contributed by atoms with Crippen LogP contribution < -0.4 is 10.1 Å². The monoisotopic (exact) mass is 464 g/mol. The van der Waals surface area contributed by atoms with E-state index in [4.69, 9.17) is 21.7 Å². The molecule has 4 rings (SSSR count). The molecular weight excluding hydrogens is 436 g/mol. The summed E-state index contributed by atoms with van der Waals surface area (Å²) in [6.45, 7) is 4.65. The zero-order chi connectivity index (χ0) is 23.5. The lowest BCUT2D eigenvalue weighted by Crippen LogP contribution is -2.32. The Balaban J connectivity index is 1.79. The number of rotatable bonds is 7. The van der Waals surface area contributed by atoms with Crippen LogP contribution in [0.25, 0.3) is 5.69 Å². The van der Waals surface area contributed by atoms with Gasteiger partial charge in [-0.1, -0.05) is 12.1 Å². The van der Waals surface area contributed by atoms with Gasteiger partial charge in [-0.3, -0.25) is 9.78 Å². The minimum Gasteiger partial charge on any atom is -0.497 e. The molecule has 3 aromatic rings. The summed E-state index contributed by atoms with van der Waals surface area (Å²) in [6, 6.07) is 15.8. The van der Waals surface area contributed by atoms with Crippen LogP contribution in [0.1, 0.15) is 41.1 Å². The maximum absolute atomic E-state index is 11.9. The number of benzene rings is 1. The maximum atomic E-state index is 11.9. The molecular formula is C25H28N4O3S. The predicted molar refractivity (Wildman–Crippen MR) is 131 cm³/mol. The summed E-state index contributed by atoms with van der Waals surface area (Å²) in [6.07, 6.45) is 2.03. The quantitative estimate of drug-likeness (QED) is 0.418. The van der Waals surface area contributed by atoms with Crippen molar-refractivity contribution >= 4 is 23.3 Å². The fourth-order valence-electron chi connectivity index (χ4n) is 4.53. The molecule has 1 N–H and O–H groups in total. The minimum atomic E-state index is -0.264. The molecule has 0 saturated carbocycles. The summed E-state index contributed by atoms with van der Waals surface area (Å²) in [4.78, 5) is 18.6. The van der Waals surface area contributed by atoms with Crippen molar-refractivity contribution in [3.8, 4) is 11.4 Å². The number of hydrogen-bond acceptors (Lipinski definition) is 5. The lowest BCUT2D eigenvalue weighted by atomic mass is 9.96. The highest BCUT2D eigenvalue weighted by atomic mass is 32.1. The first-order chi connectivity index (χ1) is 15.9. The molecule has 0 amide bonds. The van der Waals surface area contributed by atoms with Crippen molar-refractivity contribution in [2.24, 2.45) is 0 Å². The van der Waals surface area contributed by atoms with Gasteiger partial charge in [-0.15, -0.1) is 0 Å². The summed E-state index contributed by atoms with van der Waals surface area (Å²) >= 11 is 5.70. The third-order valence-electron chi connectivity index (χ3n) is 6.08. The highest BCUT2D eigenvalue weighted by Gasteiger charge is 2.41. The van der Waals surface area contributed by atoms with Crippen molar-refractivity contribution in [3.05, 3.63) is 77.4 Å². The summed E-state index contributed by atoms with van der Waals surface area (Å²) in [5.74, 6) is 0.538. The number of methoxy groups -OCH3 is 2. The minimum absolute atomic E-state index is 0.123. The molecule has 1 aliphatic rings. The standard InChI is InChI=1S/C25H28N4O3S/c1-16-14-20(17(2)29(16)18-8-7-9-19(15-18)31-3)24-23(21-10-5-6-12-26-21)27-25(33)28(24)13-11-22(30)32-4/h5-10,12,14-15,23-24H,11,13H2,1-4H3,(H,27,33)/t23-,24-/m0/s1. The van der Waals surface area contributed by atoms with Crippen molar-refractivity contribution in [1.29, 1.82) is 0 Å². The van der Waals surface area contributed by atoms with Crippen LogP contribution in [0.3, 0.4) is 0 Å².